The molecular weight excluding hydrogens is 146 g/mol. The van der Waals surface area contributed by atoms with Crippen molar-refractivity contribution in [2.24, 2.45) is 5.92 Å². The van der Waals surface area contributed by atoms with E-state index >= 15 is 0 Å². The van der Waals surface area contributed by atoms with Gasteiger partial charge in [-0.15, -0.1) is 0 Å². The Morgan fingerprint density at radius 3 is 2.58 bits per heavy atom. The Bertz CT molecular complexity index is 233. The minimum Gasteiger partial charge on any atom is -0.349 e. The van der Waals surface area contributed by atoms with E-state index in [2.05, 4.69) is 50.6 Å². The molecule has 0 saturated carbocycles. The van der Waals surface area contributed by atoms with Crippen molar-refractivity contribution in [2.45, 2.75) is 20.8 Å². The normalized spacial score (nSPS) is 17.2. The summed E-state index contributed by atoms with van der Waals surface area (Å²) in [4.78, 5) is 2.14. The topological polar surface area (TPSA) is 3.24 Å². The van der Waals surface area contributed by atoms with Gasteiger partial charge in [0, 0.05) is 18.4 Å². The lowest BCUT2D eigenvalue weighted by molar-refractivity contribution is 0.500. The van der Waals surface area contributed by atoms with Crippen LogP contribution >= 0.6 is 0 Å². The fourth-order valence-electron chi connectivity index (χ4n) is 1.26. The minimum absolute atomic E-state index is 0.594. The van der Waals surface area contributed by atoms with E-state index < -0.39 is 0 Å². The molecule has 66 valence electrons. The van der Waals surface area contributed by atoms with Crippen LogP contribution in [-0.2, 0) is 0 Å². The van der Waals surface area contributed by atoms with Gasteiger partial charge in [-0.25, -0.2) is 0 Å². The second-order valence-corrected chi connectivity index (χ2v) is 3.39. The highest BCUT2D eigenvalue weighted by Crippen LogP contribution is 2.20. The molecule has 0 aromatic rings. The Morgan fingerprint density at radius 1 is 1.50 bits per heavy atom. The average Bonchev–Trinajstić information content (AvgIpc) is 2.04. The molecule has 1 aliphatic heterocycles. The highest BCUT2D eigenvalue weighted by Gasteiger charge is 2.08. The van der Waals surface area contributed by atoms with Crippen molar-refractivity contribution in [2.75, 3.05) is 6.54 Å². The van der Waals surface area contributed by atoms with Crippen LogP contribution in [0.15, 0.2) is 36.2 Å². The molecule has 1 rings (SSSR count). The molecule has 0 N–H and O–H groups in total. The predicted octanol–water partition coefficient (Wildman–Crippen LogP) is 2.93. The molecule has 12 heavy (non-hydrogen) atoms. The van der Waals surface area contributed by atoms with Crippen molar-refractivity contribution in [3.63, 3.8) is 0 Å². The van der Waals surface area contributed by atoms with E-state index in [4.69, 9.17) is 0 Å². The molecule has 0 aromatic heterocycles. The number of hydrogen-bond acceptors (Lipinski definition) is 1. The standard InChI is InChI=1S/C11H17N/c1-5-12-7-6-11(9(2)3)8-10(12)4/h6-9H,4-5H2,1-3H3. The van der Waals surface area contributed by atoms with E-state index in [1.807, 2.05) is 0 Å². The lowest BCUT2D eigenvalue weighted by Gasteiger charge is -2.24. The number of hydrogen-bond donors (Lipinski definition) is 0. The van der Waals surface area contributed by atoms with Crippen molar-refractivity contribution >= 4 is 0 Å². The van der Waals surface area contributed by atoms with Gasteiger partial charge in [0.15, 0.2) is 0 Å². The first kappa shape index (κ1) is 9.11. The first-order valence-corrected chi connectivity index (χ1v) is 4.50. The summed E-state index contributed by atoms with van der Waals surface area (Å²) in [5.41, 5.74) is 2.47. The monoisotopic (exact) mass is 163 g/mol. The zero-order chi connectivity index (χ0) is 9.14. The lowest BCUT2D eigenvalue weighted by Crippen LogP contribution is -2.17. The Hall–Kier alpha value is -0.980. The molecule has 0 spiro atoms. The summed E-state index contributed by atoms with van der Waals surface area (Å²) in [6, 6.07) is 0. The van der Waals surface area contributed by atoms with E-state index in [9.17, 15) is 0 Å². The number of likely N-dealkylation sites (N-methyl/N-ethyl adjacent to an activating group) is 1. The third kappa shape index (κ3) is 1.79. The van der Waals surface area contributed by atoms with Gasteiger partial charge in [0.25, 0.3) is 0 Å². The number of nitrogens with zero attached hydrogens (tertiary/aromatic N) is 1. The van der Waals surface area contributed by atoms with Crippen molar-refractivity contribution in [1.82, 2.24) is 4.90 Å². The maximum Gasteiger partial charge on any atom is 0.0335 e. The van der Waals surface area contributed by atoms with E-state index in [0.29, 0.717) is 5.92 Å². The molecule has 1 heterocycles. The first-order chi connectivity index (χ1) is 5.65. The summed E-state index contributed by atoms with van der Waals surface area (Å²) in [5.74, 6) is 0.594. The Balaban J connectivity index is 2.76. The fraction of sp³-hybridized carbons (Fsp3) is 0.455. The van der Waals surface area contributed by atoms with E-state index in [0.717, 1.165) is 12.2 Å². The summed E-state index contributed by atoms with van der Waals surface area (Å²) in [6.45, 7) is 11.5. The maximum atomic E-state index is 4.00. The van der Waals surface area contributed by atoms with Crippen LogP contribution in [0, 0.1) is 5.92 Å². The molecule has 0 radical (unpaired) electrons. The van der Waals surface area contributed by atoms with E-state index in [1.54, 1.807) is 0 Å². The van der Waals surface area contributed by atoms with Crippen LogP contribution in [-0.4, -0.2) is 11.4 Å². The molecular formula is C11H17N. The summed E-state index contributed by atoms with van der Waals surface area (Å²) in [7, 11) is 0. The second kappa shape index (κ2) is 3.61. The molecule has 0 bridgehead atoms. The van der Waals surface area contributed by atoms with Crippen LogP contribution in [0.4, 0.5) is 0 Å². The van der Waals surface area contributed by atoms with Crippen LogP contribution in [0.3, 0.4) is 0 Å². The van der Waals surface area contributed by atoms with Gasteiger partial charge < -0.3 is 4.90 Å². The van der Waals surface area contributed by atoms with Crippen molar-refractivity contribution in [3.05, 3.63) is 36.2 Å². The van der Waals surface area contributed by atoms with E-state index in [1.165, 1.54) is 5.57 Å². The van der Waals surface area contributed by atoms with Gasteiger partial charge >= 0.3 is 0 Å². The third-order valence-electron chi connectivity index (χ3n) is 2.16. The van der Waals surface area contributed by atoms with Crippen molar-refractivity contribution < 1.29 is 0 Å². The molecule has 0 amide bonds. The molecule has 0 fully saturated rings. The van der Waals surface area contributed by atoms with Crippen molar-refractivity contribution in [1.29, 1.82) is 0 Å². The molecule has 0 saturated heterocycles. The van der Waals surface area contributed by atoms with Crippen LogP contribution in [0.25, 0.3) is 0 Å². The summed E-state index contributed by atoms with van der Waals surface area (Å²) >= 11 is 0. The Labute approximate surface area is 75.1 Å². The second-order valence-electron chi connectivity index (χ2n) is 3.39. The fourth-order valence-corrected chi connectivity index (χ4v) is 1.26. The van der Waals surface area contributed by atoms with Gasteiger partial charge in [0.05, 0.1) is 0 Å². The van der Waals surface area contributed by atoms with Crippen molar-refractivity contribution in [3.8, 4) is 0 Å². The van der Waals surface area contributed by atoms with Gasteiger partial charge in [-0.1, -0.05) is 20.4 Å². The largest absolute Gasteiger partial charge is 0.349 e. The summed E-state index contributed by atoms with van der Waals surface area (Å²) in [5, 5.41) is 0. The minimum atomic E-state index is 0.594. The Morgan fingerprint density at radius 2 is 2.17 bits per heavy atom. The number of rotatable bonds is 2. The summed E-state index contributed by atoms with van der Waals surface area (Å²) < 4.78 is 0. The van der Waals surface area contributed by atoms with Gasteiger partial charge in [-0.2, -0.15) is 0 Å². The molecule has 1 nitrogen and oxygen atoms in total. The lowest BCUT2D eigenvalue weighted by atomic mass is 10.0. The highest BCUT2D eigenvalue weighted by atomic mass is 15.1. The third-order valence-corrected chi connectivity index (χ3v) is 2.16. The van der Waals surface area contributed by atoms with Crippen LogP contribution in [0.2, 0.25) is 0 Å². The van der Waals surface area contributed by atoms with Gasteiger partial charge in [0.2, 0.25) is 0 Å². The average molecular weight is 163 g/mol. The van der Waals surface area contributed by atoms with Crippen LogP contribution in [0.5, 0.6) is 0 Å². The van der Waals surface area contributed by atoms with Gasteiger partial charge in [0.1, 0.15) is 0 Å². The molecule has 0 atom stereocenters. The molecule has 1 aliphatic rings. The quantitative estimate of drug-likeness (QED) is 0.605. The predicted molar refractivity (Wildman–Crippen MR) is 53.6 cm³/mol. The first-order valence-electron chi connectivity index (χ1n) is 4.50. The molecule has 0 aliphatic carbocycles. The van der Waals surface area contributed by atoms with E-state index in [-0.39, 0.29) is 0 Å². The van der Waals surface area contributed by atoms with Gasteiger partial charge in [-0.05, 0) is 30.6 Å². The molecule has 0 unspecified atom stereocenters. The summed E-state index contributed by atoms with van der Waals surface area (Å²) in [6.07, 6.45) is 6.44. The smallest absolute Gasteiger partial charge is 0.0335 e. The zero-order valence-electron chi connectivity index (χ0n) is 8.17. The van der Waals surface area contributed by atoms with Crippen LogP contribution in [0.1, 0.15) is 20.8 Å². The zero-order valence-corrected chi connectivity index (χ0v) is 8.17. The van der Waals surface area contributed by atoms with Crippen LogP contribution < -0.4 is 0 Å². The van der Waals surface area contributed by atoms with Gasteiger partial charge in [-0.3, -0.25) is 0 Å². The molecule has 1 heteroatoms. The highest BCUT2D eigenvalue weighted by molar-refractivity contribution is 5.34. The molecule has 0 aromatic carbocycles. The Kier molecular flexibility index (Phi) is 2.74. The SMILES string of the molecule is C=C1C=C(C(C)C)C=CN1CC. The number of allylic oxidation sites excluding steroid dienone is 3. The maximum absolute atomic E-state index is 4.00.